The lowest BCUT2D eigenvalue weighted by molar-refractivity contribution is 1.48. The van der Waals surface area contributed by atoms with Gasteiger partial charge in [-0.1, -0.05) is 101 Å². The maximum absolute atomic E-state index is 5.04. The fraction of sp³-hybridized carbons (Fsp3) is 0.0345. The first-order chi connectivity index (χ1) is 15.2. The summed E-state index contributed by atoms with van der Waals surface area (Å²) in [7, 11) is 0. The third-order valence-corrected chi connectivity index (χ3v) is 6.00. The van der Waals surface area contributed by atoms with E-state index >= 15 is 0 Å². The molecule has 1 nitrogen and oxygen atoms in total. The van der Waals surface area contributed by atoms with Gasteiger partial charge in [-0.3, -0.25) is 0 Å². The van der Waals surface area contributed by atoms with Gasteiger partial charge in [-0.25, -0.2) is 4.99 Å². The highest BCUT2D eigenvalue weighted by atomic mass is 79.9. The lowest BCUT2D eigenvalue weighted by Gasteiger charge is -2.09. The molecule has 5 rings (SSSR count). The van der Waals surface area contributed by atoms with Crippen molar-refractivity contribution < 1.29 is 0 Å². The van der Waals surface area contributed by atoms with Crippen molar-refractivity contribution in [1.82, 2.24) is 0 Å². The highest BCUT2D eigenvalue weighted by Gasteiger charge is 2.14. The third kappa shape index (κ3) is 4.09. The summed E-state index contributed by atoms with van der Waals surface area (Å²) in [6.07, 6.45) is 2.19. The van der Waals surface area contributed by atoms with Crippen LogP contribution < -0.4 is 0 Å². The molecule has 0 fully saturated rings. The van der Waals surface area contributed by atoms with E-state index in [-0.39, 0.29) is 0 Å². The average molecular weight is 462 g/mol. The van der Waals surface area contributed by atoms with Gasteiger partial charge in [-0.2, -0.15) is 0 Å². The number of hydrogen-bond donors (Lipinski definition) is 0. The zero-order valence-electron chi connectivity index (χ0n) is 17.1. The molecule has 0 atom stereocenters. The van der Waals surface area contributed by atoms with Gasteiger partial charge in [0.1, 0.15) is 5.70 Å². The molecule has 0 radical (unpaired) electrons. The molecule has 4 aromatic carbocycles. The van der Waals surface area contributed by atoms with Crippen LogP contribution in [0.5, 0.6) is 0 Å². The number of halogens is 1. The summed E-state index contributed by atoms with van der Waals surface area (Å²) < 4.78 is 1.05. The number of allylic oxidation sites excluding steroid dienone is 3. The molecule has 4 aromatic rings. The van der Waals surface area contributed by atoms with Crippen LogP contribution >= 0.6 is 15.9 Å². The van der Waals surface area contributed by atoms with Crippen molar-refractivity contribution >= 4 is 43.7 Å². The molecule has 0 saturated carbocycles. The normalized spacial score (nSPS) is 13.7. The largest absolute Gasteiger partial charge is 0.239 e. The van der Waals surface area contributed by atoms with E-state index in [1.807, 2.05) is 18.2 Å². The molecule has 0 bridgehead atoms. The summed E-state index contributed by atoms with van der Waals surface area (Å²) in [6.45, 7) is 2.11. The molecule has 0 aromatic heterocycles. The third-order valence-electron chi connectivity index (χ3n) is 5.47. The summed E-state index contributed by atoms with van der Waals surface area (Å²) in [4.78, 5) is 5.04. The number of aliphatic imine (C=N–C) groups is 1. The number of fused-ring (bicyclic) bond motifs is 1. The molecule has 2 heteroatoms. The molecule has 148 valence electrons. The molecule has 0 spiro atoms. The number of hydrogen-bond acceptors (Lipinski definition) is 1. The zero-order chi connectivity index (χ0) is 21.2. The van der Waals surface area contributed by atoms with Crippen LogP contribution in [0.25, 0.3) is 22.0 Å². The summed E-state index contributed by atoms with van der Waals surface area (Å²) in [5.74, 6) is 0. The Morgan fingerprint density at radius 3 is 2.13 bits per heavy atom. The highest BCUT2D eigenvalue weighted by Crippen LogP contribution is 2.31. The van der Waals surface area contributed by atoms with Gasteiger partial charge in [0.25, 0.3) is 0 Å². The molecule has 1 aliphatic heterocycles. The van der Waals surface area contributed by atoms with Gasteiger partial charge in [-0.15, -0.1) is 0 Å². The lowest BCUT2D eigenvalue weighted by Crippen LogP contribution is -1.99. The lowest BCUT2D eigenvalue weighted by atomic mass is 9.94. The van der Waals surface area contributed by atoms with Crippen molar-refractivity contribution in [1.29, 1.82) is 0 Å². The SMILES string of the molecule is CC1=C=C(c2ccc(Br)cc2)N=C(c2ccccc2)C=C1c1ccc2ccccc2c1. The van der Waals surface area contributed by atoms with Crippen LogP contribution in [0.2, 0.25) is 0 Å². The monoisotopic (exact) mass is 461 g/mol. The molecule has 0 amide bonds. The molecule has 0 N–H and O–H groups in total. The summed E-state index contributed by atoms with van der Waals surface area (Å²) in [5.41, 5.74) is 10.9. The van der Waals surface area contributed by atoms with E-state index in [1.54, 1.807) is 0 Å². The Morgan fingerprint density at radius 1 is 0.677 bits per heavy atom. The van der Waals surface area contributed by atoms with E-state index in [0.29, 0.717) is 0 Å². The van der Waals surface area contributed by atoms with Crippen LogP contribution in [0.4, 0.5) is 0 Å². The summed E-state index contributed by atoms with van der Waals surface area (Å²) >= 11 is 3.52. The van der Waals surface area contributed by atoms with Crippen molar-refractivity contribution in [3.8, 4) is 0 Å². The minimum atomic E-state index is 0.843. The van der Waals surface area contributed by atoms with E-state index in [9.17, 15) is 0 Å². The van der Waals surface area contributed by atoms with Crippen molar-refractivity contribution in [2.45, 2.75) is 6.92 Å². The Kier molecular flexibility index (Phi) is 5.26. The minimum Gasteiger partial charge on any atom is -0.239 e. The van der Waals surface area contributed by atoms with Gasteiger partial charge < -0.3 is 0 Å². The van der Waals surface area contributed by atoms with Crippen LogP contribution in [0.3, 0.4) is 0 Å². The van der Waals surface area contributed by atoms with Crippen LogP contribution in [0.1, 0.15) is 23.6 Å². The smallest absolute Gasteiger partial charge is 0.113 e. The van der Waals surface area contributed by atoms with Gasteiger partial charge in [-0.05, 0) is 53.1 Å². The molecule has 0 saturated heterocycles. The quantitative estimate of drug-likeness (QED) is 0.273. The van der Waals surface area contributed by atoms with Crippen molar-refractivity contribution in [2.75, 3.05) is 0 Å². The van der Waals surface area contributed by atoms with Crippen LogP contribution in [-0.2, 0) is 0 Å². The van der Waals surface area contributed by atoms with Crippen molar-refractivity contribution in [2.24, 2.45) is 4.99 Å². The second kappa shape index (κ2) is 8.35. The molecular weight excluding hydrogens is 442 g/mol. The standard InChI is InChI=1S/C29H20BrN/c1-20-17-28(23-13-15-26(30)16-14-23)31-29(22-8-3-2-4-9-22)19-27(20)25-12-11-21-7-5-6-10-24(21)18-25/h2-16,18-19H,1H3. The maximum Gasteiger partial charge on any atom is 0.113 e. The Labute approximate surface area is 190 Å². The molecular formula is C29H20BrN. The molecule has 0 aliphatic carbocycles. The van der Waals surface area contributed by atoms with E-state index in [0.717, 1.165) is 38.2 Å². The Hall–Kier alpha value is -3.45. The maximum atomic E-state index is 5.04. The van der Waals surface area contributed by atoms with Crippen molar-refractivity contribution in [3.63, 3.8) is 0 Å². The Balaban J connectivity index is 1.72. The van der Waals surface area contributed by atoms with Gasteiger partial charge in [0, 0.05) is 21.2 Å². The van der Waals surface area contributed by atoms with Gasteiger partial charge in [0.15, 0.2) is 0 Å². The van der Waals surface area contributed by atoms with Gasteiger partial charge >= 0.3 is 0 Å². The van der Waals surface area contributed by atoms with Gasteiger partial charge in [0.05, 0.1) is 5.71 Å². The summed E-state index contributed by atoms with van der Waals surface area (Å²) in [5, 5.41) is 2.47. The summed E-state index contributed by atoms with van der Waals surface area (Å²) in [6, 6.07) is 33.7. The topological polar surface area (TPSA) is 12.4 Å². The predicted molar refractivity (Wildman–Crippen MR) is 135 cm³/mol. The highest BCUT2D eigenvalue weighted by molar-refractivity contribution is 9.10. The van der Waals surface area contributed by atoms with E-state index in [2.05, 4.69) is 114 Å². The molecule has 1 aliphatic rings. The number of benzene rings is 4. The Morgan fingerprint density at radius 2 is 1.35 bits per heavy atom. The number of nitrogens with zero attached hydrogens (tertiary/aromatic N) is 1. The fourth-order valence-electron chi connectivity index (χ4n) is 3.83. The fourth-order valence-corrected chi connectivity index (χ4v) is 4.09. The first-order valence-electron chi connectivity index (χ1n) is 10.3. The van der Waals surface area contributed by atoms with Crippen LogP contribution in [0.15, 0.2) is 124 Å². The molecule has 1 heterocycles. The first kappa shape index (κ1) is 19.5. The molecule has 0 unspecified atom stereocenters. The second-order valence-electron chi connectivity index (χ2n) is 7.59. The minimum absolute atomic E-state index is 0.843. The number of rotatable bonds is 3. The van der Waals surface area contributed by atoms with Crippen LogP contribution in [0, 0.1) is 0 Å². The van der Waals surface area contributed by atoms with Crippen LogP contribution in [-0.4, -0.2) is 5.71 Å². The zero-order valence-corrected chi connectivity index (χ0v) is 18.7. The second-order valence-corrected chi connectivity index (χ2v) is 8.50. The first-order valence-corrected chi connectivity index (χ1v) is 11.1. The predicted octanol–water partition coefficient (Wildman–Crippen LogP) is 8.07. The molecule has 31 heavy (non-hydrogen) atoms. The van der Waals surface area contributed by atoms with Crippen molar-refractivity contribution in [3.05, 3.63) is 136 Å². The average Bonchev–Trinajstić information content (AvgIpc) is 2.99. The Bertz CT molecular complexity index is 1400. The van der Waals surface area contributed by atoms with E-state index < -0.39 is 0 Å². The van der Waals surface area contributed by atoms with E-state index in [4.69, 9.17) is 4.99 Å². The van der Waals surface area contributed by atoms with Gasteiger partial charge in [0.2, 0.25) is 0 Å². The van der Waals surface area contributed by atoms with E-state index in [1.165, 1.54) is 16.3 Å².